The number of nitrogens with one attached hydrogen (secondary N) is 1. The number of carbonyl (C=O) groups excluding carboxylic acids is 10. The summed E-state index contributed by atoms with van der Waals surface area (Å²) in [4.78, 5) is 117. The standard InChI is InChI=1S/C20H22F3NO4.C20H21F3O5.C18H23F3O5.C18H24F2O6.C16H15F7O5/c1-4-19(2,3)18(26)24-15-7-5-14-10-16(8-6-13(14)9-15)27-11-17(25)28-12-20(21,22)23;1-4-19(2,3)18(25)28-16-8-6-13-9-15(7-5-14(13)10-16)26-11-17(24)27-12-20(21,22)23;1-6-17(4,5)16(23)26-13-7-11(2)15(12(3)8-13)24-9-14(22)25-10-18(19,20)21;1-6-17(2,3)16(22)26-12-7-8-13(14(9-12)23-5)24-10-15(21)25-11-18(4,19)20;1-4-15(2,3)14(25)28-13-10(19)8(17)12(9(18)11(13)20)26-5-7(24)27-6-16(21,22)23/h5-10H,4,11-12H2,1-3H3,(H,24,26);5-10H,4,11-12H2,1-3H3;7-8H,6,9-10H2,1-5H3;7-9H,6,10-11H2,1-5H3;4-6H2,1-3H3. The summed E-state index contributed by atoms with van der Waals surface area (Å²) in [5, 5.41) is 6.02. The highest BCUT2D eigenvalue weighted by Gasteiger charge is 2.39. The second-order valence-electron chi connectivity index (χ2n) is 33.0. The van der Waals surface area contributed by atoms with E-state index in [-0.39, 0.29) is 47.5 Å². The van der Waals surface area contributed by atoms with Crippen LogP contribution < -0.4 is 52.7 Å². The molecule has 1 amide bonds. The van der Waals surface area contributed by atoms with Crippen molar-refractivity contribution in [3.8, 4) is 57.5 Å². The van der Waals surface area contributed by atoms with E-state index in [0.29, 0.717) is 78.2 Å². The number of hydrogen-bond donors (Lipinski definition) is 1. The van der Waals surface area contributed by atoms with E-state index in [1.807, 2.05) is 41.5 Å². The Kier molecular flexibility index (Phi) is 43.8. The summed E-state index contributed by atoms with van der Waals surface area (Å²) in [6.45, 7) is 18.4. The van der Waals surface area contributed by atoms with Gasteiger partial charge in [0.1, 0.15) is 34.5 Å². The lowest BCUT2D eigenvalue weighted by Crippen LogP contribution is -2.29. The summed E-state index contributed by atoms with van der Waals surface area (Å²) in [5.74, 6) is -21.0. The first-order valence-corrected chi connectivity index (χ1v) is 41.0. The smallest absolute Gasteiger partial charge is 0.422 e. The minimum absolute atomic E-state index is 0.0772. The molecule has 26 nitrogen and oxygen atoms in total. The molecule has 44 heteroatoms. The lowest BCUT2D eigenvalue weighted by atomic mass is 9.89. The minimum Gasteiger partial charge on any atom is -0.493 e. The molecule has 0 aliphatic carbocycles. The quantitative estimate of drug-likeness (QED) is 0.0124. The number of halogens is 18. The minimum atomic E-state index is -4.86. The van der Waals surface area contributed by atoms with Crippen molar-refractivity contribution in [3.63, 3.8) is 0 Å². The lowest BCUT2D eigenvalue weighted by molar-refractivity contribution is -0.187. The van der Waals surface area contributed by atoms with Gasteiger partial charge in [-0.2, -0.15) is 70.2 Å². The number of hydrogen-bond acceptors (Lipinski definition) is 25. The molecule has 0 bridgehead atoms. The normalized spacial score (nSPS) is 11.9. The highest BCUT2D eigenvalue weighted by atomic mass is 19.4. The summed E-state index contributed by atoms with van der Waals surface area (Å²) in [6, 6.07) is 27.7. The van der Waals surface area contributed by atoms with Crippen molar-refractivity contribution in [2.24, 2.45) is 27.1 Å². The molecule has 0 saturated heterocycles. The van der Waals surface area contributed by atoms with E-state index in [2.05, 4.69) is 38.5 Å². The number of rotatable bonds is 37. The number of fused-ring (bicyclic) bond motifs is 2. The monoisotopic (exact) mass is 1970 g/mol. The van der Waals surface area contributed by atoms with Crippen molar-refractivity contribution in [2.75, 3.05) is 78.5 Å². The number of anilines is 1. The van der Waals surface area contributed by atoms with Crippen molar-refractivity contribution in [1.29, 1.82) is 0 Å². The summed E-state index contributed by atoms with van der Waals surface area (Å²) >= 11 is 0. The zero-order valence-electron chi connectivity index (χ0n) is 77.4. The van der Waals surface area contributed by atoms with Crippen LogP contribution in [0.3, 0.4) is 0 Å². The number of ether oxygens (including phenoxy) is 15. The van der Waals surface area contributed by atoms with Gasteiger partial charge in [-0.05, 0) is 207 Å². The molecule has 0 aliphatic heterocycles. The van der Waals surface area contributed by atoms with Crippen LogP contribution in [0.2, 0.25) is 0 Å². The third-order valence-electron chi connectivity index (χ3n) is 19.5. The van der Waals surface area contributed by atoms with Gasteiger partial charge >= 0.3 is 78.4 Å². The molecule has 0 saturated carbocycles. The molecule has 754 valence electrons. The number of esters is 9. The molecule has 1 N–H and O–H groups in total. The molecule has 7 aromatic rings. The predicted octanol–water partition coefficient (Wildman–Crippen LogP) is 21.2. The van der Waals surface area contributed by atoms with Crippen molar-refractivity contribution in [2.45, 2.75) is 187 Å². The third kappa shape index (κ3) is 41.2. The molecule has 0 atom stereocenters. The van der Waals surface area contributed by atoms with Gasteiger partial charge in [0.2, 0.25) is 34.9 Å². The Hall–Kier alpha value is -12.7. The van der Waals surface area contributed by atoms with Crippen LogP contribution in [0.4, 0.5) is 84.7 Å². The van der Waals surface area contributed by atoms with E-state index in [1.165, 1.54) is 39.2 Å². The van der Waals surface area contributed by atoms with Gasteiger partial charge in [0.15, 0.2) is 83.3 Å². The largest absolute Gasteiger partial charge is 0.493 e. The first kappa shape index (κ1) is 117. The van der Waals surface area contributed by atoms with Crippen LogP contribution in [0.5, 0.6) is 57.5 Å². The zero-order valence-corrected chi connectivity index (χ0v) is 77.4. The van der Waals surface area contributed by atoms with Crippen LogP contribution in [0, 0.1) is 64.2 Å². The molecule has 0 heterocycles. The predicted molar refractivity (Wildman–Crippen MR) is 452 cm³/mol. The Labute approximate surface area is 770 Å². The van der Waals surface area contributed by atoms with Crippen LogP contribution >= 0.6 is 0 Å². The van der Waals surface area contributed by atoms with E-state index in [9.17, 15) is 127 Å². The van der Waals surface area contributed by atoms with Crippen LogP contribution in [0.15, 0.2) is 103 Å². The average Bonchev–Trinajstić information content (AvgIpc) is 0.780. The maximum absolute atomic E-state index is 14.0. The molecule has 136 heavy (non-hydrogen) atoms. The number of amides is 1. The van der Waals surface area contributed by atoms with E-state index in [4.69, 9.17) is 37.9 Å². The SMILES string of the molecule is CCC(C)(C)C(=O)Nc1ccc2cc(OCC(=O)OCC(F)(F)F)ccc2c1.CCC(C)(C)C(=O)Oc1c(F)c(F)c(OCC(=O)OCC(F)(F)F)c(F)c1F.CCC(C)(C)C(=O)Oc1cc(C)c(OCC(=O)OCC(F)(F)F)c(C)c1.CCC(C)(C)C(=O)Oc1ccc(OCC(=O)OCC(C)(F)F)c(OC)c1.CCC(C)(C)C(=O)Oc1ccc2cc(OCC(=O)OCC(F)(F)F)ccc2c1. The highest BCUT2D eigenvalue weighted by Crippen LogP contribution is 2.40. The molecule has 0 spiro atoms. The van der Waals surface area contributed by atoms with Gasteiger partial charge in [-0.1, -0.05) is 72.7 Å². The second-order valence-corrected chi connectivity index (χ2v) is 33.0. The van der Waals surface area contributed by atoms with Gasteiger partial charge in [0, 0.05) is 24.1 Å². The summed E-state index contributed by atoms with van der Waals surface area (Å²) in [5.41, 5.74) is -1.74. The molecule has 0 radical (unpaired) electrons. The van der Waals surface area contributed by atoms with Gasteiger partial charge in [0.05, 0.1) is 28.8 Å². The molecular formula is C92H105F18NO25. The first-order chi connectivity index (χ1) is 62.5. The Balaban J connectivity index is 0.000000438. The molecule has 7 aromatic carbocycles. The summed E-state index contributed by atoms with van der Waals surface area (Å²) in [6.07, 6.45) is -15.8. The van der Waals surface area contributed by atoms with Gasteiger partial charge in [-0.25, -0.2) is 32.8 Å². The Morgan fingerprint density at radius 3 is 0.934 bits per heavy atom. The molecule has 0 aliphatic rings. The van der Waals surface area contributed by atoms with E-state index in [0.717, 1.165) is 21.5 Å². The Bertz CT molecular complexity index is 5080. The first-order valence-electron chi connectivity index (χ1n) is 41.0. The van der Waals surface area contributed by atoms with E-state index in [1.54, 1.807) is 147 Å². The van der Waals surface area contributed by atoms with Crippen molar-refractivity contribution in [1.82, 2.24) is 0 Å². The highest BCUT2D eigenvalue weighted by molar-refractivity contribution is 5.97. The van der Waals surface area contributed by atoms with Crippen molar-refractivity contribution in [3.05, 3.63) is 138 Å². The average molecular weight is 1970 g/mol. The zero-order chi connectivity index (χ0) is 104. The fourth-order valence-corrected chi connectivity index (χ4v) is 9.33. The molecular weight excluding hydrogens is 1860 g/mol. The number of methoxy groups -OCH3 is 1. The maximum atomic E-state index is 14.0. The topological polar surface area (TPSA) is 321 Å². The van der Waals surface area contributed by atoms with Gasteiger partial charge < -0.3 is 76.4 Å². The molecule has 7 rings (SSSR count). The Morgan fingerprint density at radius 1 is 0.294 bits per heavy atom. The van der Waals surface area contributed by atoms with Gasteiger partial charge in [0.25, 0.3) is 5.92 Å². The lowest BCUT2D eigenvalue weighted by Gasteiger charge is -2.21. The van der Waals surface area contributed by atoms with Gasteiger partial charge in [-0.15, -0.1) is 0 Å². The molecule has 0 aromatic heterocycles. The molecule has 0 fully saturated rings. The van der Waals surface area contributed by atoms with Crippen molar-refractivity contribution < 1.29 is 198 Å². The van der Waals surface area contributed by atoms with Crippen LogP contribution in [-0.2, 0) is 71.6 Å². The second kappa shape index (κ2) is 50.8. The number of aryl methyl sites for hydroxylation is 2. The summed E-state index contributed by atoms with van der Waals surface area (Å²) < 4.78 is 296. The van der Waals surface area contributed by atoms with E-state index >= 15 is 0 Å². The molecule has 0 unspecified atom stereocenters. The van der Waals surface area contributed by atoms with Crippen molar-refractivity contribution >= 4 is 86.9 Å². The number of carbonyl (C=O) groups is 10. The van der Waals surface area contributed by atoms with Crippen LogP contribution in [0.1, 0.15) is 154 Å². The summed E-state index contributed by atoms with van der Waals surface area (Å²) in [7, 11) is 1.37. The fourth-order valence-electron chi connectivity index (χ4n) is 9.33. The van der Waals surface area contributed by atoms with Crippen LogP contribution in [-0.4, -0.2) is 163 Å². The van der Waals surface area contributed by atoms with Gasteiger partial charge in [-0.3, -0.25) is 24.0 Å². The fraction of sp³-hybridized carbons (Fsp3) is 0.478. The third-order valence-corrected chi connectivity index (χ3v) is 19.5. The van der Waals surface area contributed by atoms with Crippen LogP contribution in [0.25, 0.3) is 21.5 Å². The number of benzene rings is 7. The maximum Gasteiger partial charge on any atom is 0.422 e. The van der Waals surface area contributed by atoms with E-state index < -0.39 is 194 Å². The number of alkyl halides is 14. The Morgan fingerprint density at radius 2 is 0.581 bits per heavy atom.